The molecule has 5 heterocycles. The van der Waals surface area contributed by atoms with E-state index in [1.165, 1.54) is 20.3 Å². The lowest BCUT2D eigenvalue weighted by Gasteiger charge is -2.55. The summed E-state index contributed by atoms with van der Waals surface area (Å²) in [6.07, 6.45) is 3.93. The Morgan fingerprint density at radius 1 is 1.15 bits per heavy atom. The number of anilines is 2. The highest BCUT2D eigenvalue weighted by Gasteiger charge is 2.50. The number of amides is 1. The number of nitrogens with one attached hydrogen (secondary N) is 2. The fourth-order valence-corrected chi connectivity index (χ4v) is 5.91. The molecular weight excluding hydrogens is 559 g/mol. The molecule has 3 aromatic rings. The van der Waals surface area contributed by atoms with Crippen LogP contribution in [0.5, 0.6) is 11.5 Å². The monoisotopic (exact) mass is 586 g/mol. The number of fused-ring (bicyclic) bond motifs is 1. The Bertz CT molecular complexity index is 1460. The number of aromatic nitrogens is 3. The first-order valence-electron chi connectivity index (χ1n) is 12.8. The first kappa shape index (κ1) is 26.8. The molecule has 3 fully saturated rings. The lowest BCUT2D eigenvalue weighted by molar-refractivity contribution is -0.161. The molecule has 0 radical (unpaired) electrons. The van der Waals surface area contributed by atoms with E-state index < -0.39 is 0 Å². The van der Waals surface area contributed by atoms with Crippen LogP contribution < -0.4 is 25.0 Å². The van der Waals surface area contributed by atoms with Gasteiger partial charge in [-0.15, -0.1) is 0 Å². The summed E-state index contributed by atoms with van der Waals surface area (Å²) in [6, 6.07) is 3.14. The molecule has 0 aliphatic carbocycles. The number of hydrogen-bond acceptors (Lipinski definition) is 10. The van der Waals surface area contributed by atoms with E-state index in [0.29, 0.717) is 66.3 Å². The van der Waals surface area contributed by atoms with E-state index in [1.54, 1.807) is 12.3 Å². The number of benzene rings is 1. The number of rotatable bonds is 8. The Labute approximate surface area is 240 Å². The molecule has 13 heteroatoms. The molecule has 1 aromatic carbocycles. The minimum atomic E-state index is -0.256. The van der Waals surface area contributed by atoms with Crippen molar-refractivity contribution in [2.75, 3.05) is 57.3 Å². The number of hydrogen-bond donors (Lipinski definition) is 2. The van der Waals surface area contributed by atoms with Crippen LogP contribution in [0.15, 0.2) is 31.0 Å². The van der Waals surface area contributed by atoms with Crippen LogP contribution in [0.25, 0.3) is 22.3 Å². The molecule has 40 heavy (non-hydrogen) atoms. The van der Waals surface area contributed by atoms with E-state index in [0.717, 1.165) is 18.4 Å². The number of halogens is 2. The van der Waals surface area contributed by atoms with Crippen LogP contribution in [-0.4, -0.2) is 85.7 Å². The van der Waals surface area contributed by atoms with E-state index in [9.17, 15) is 4.79 Å². The molecule has 3 saturated heterocycles. The molecule has 1 amide bonds. The summed E-state index contributed by atoms with van der Waals surface area (Å²) >= 11 is 13.4. The first-order chi connectivity index (χ1) is 19.3. The maximum absolute atomic E-state index is 11.9. The maximum Gasteiger partial charge on any atom is 0.243 e. The fraction of sp³-hybridized carbons (Fsp3) is 0.407. The zero-order valence-corrected chi connectivity index (χ0v) is 23.5. The van der Waals surface area contributed by atoms with Crippen LogP contribution in [0.2, 0.25) is 10.0 Å². The van der Waals surface area contributed by atoms with E-state index in [1.807, 2.05) is 6.07 Å². The van der Waals surface area contributed by atoms with Crippen LogP contribution in [0.4, 0.5) is 11.6 Å². The van der Waals surface area contributed by atoms with Crippen LogP contribution in [0.1, 0.15) is 6.42 Å². The van der Waals surface area contributed by atoms with E-state index in [2.05, 4.69) is 27.1 Å². The molecule has 2 N–H and O–H groups in total. The Balaban J connectivity index is 1.41. The number of ether oxygens (including phenoxy) is 4. The quantitative estimate of drug-likeness (QED) is 0.379. The normalized spacial score (nSPS) is 21.1. The summed E-state index contributed by atoms with van der Waals surface area (Å²) in [5, 5.41) is 7.64. The molecule has 2 atom stereocenters. The van der Waals surface area contributed by atoms with Gasteiger partial charge in [-0.1, -0.05) is 29.8 Å². The van der Waals surface area contributed by atoms with Crippen molar-refractivity contribution >= 4 is 51.6 Å². The number of methoxy groups -OCH3 is 2. The summed E-state index contributed by atoms with van der Waals surface area (Å²) in [5.41, 5.74) is 0.885. The number of pyridine rings is 1. The lowest BCUT2D eigenvalue weighted by Crippen LogP contribution is -2.68. The van der Waals surface area contributed by atoms with Gasteiger partial charge in [0.05, 0.1) is 86.5 Å². The molecule has 11 nitrogen and oxygen atoms in total. The molecule has 0 bridgehead atoms. The molecule has 0 saturated carbocycles. The van der Waals surface area contributed by atoms with Gasteiger partial charge in [0.1, 0.15) is 28.7 Å². The van der Waals surface area contributed by atoms with Crippen molar-refractivity contribution in [1.29, 1.82) is 0 Å². The minimum absolute atomic E-state index is 0.127. The van der Waals surface area contributed by atoms with Crippen molar-refractivity contribution in [3.05, 3.63) is 41.0 Å². The van der Waals surface area contributed by atoms with Crippen LogP contribution in [0.3, 0.4) is 0 Å². The van der Waals surface area contributed by atoms with Gasteiger partial charge in [0.25, 0.3) is 0 Å². The van der Waals surface area contributed by atoms with Crippen molar-refractivity contribution in [3.8, 4) is 22.9 Å². The van der Waals surface area contributed by atoms with Crippen molar-refractivity contribution in [2.45, 2.75) is 24.1 Å². The summed E-state index contributed by atoms with van der Waals surface area (Å²) in [7, 11) is 3.04. The molecule has 3 aliphatic heterocycles. The van der Waals surface area contributed by atoms with E-state index in [4.69, 9.17) is 52.1 Å². The molecule has 0 unspecified atom stereocenters. The molecule has 3 aliphatic rings. The molecule has 6 rings (SSSR count). The predicted octanol–water partition coefficient (Wildman–Crippen LogP) is 3.48. The maximum atomic E-state index is 11.9. The van der Waals surface area contributed by atoms with Crippen molar-refractivity contribution in [2.24, 2.45) is 0 Å². The zero-order chi connectivity index (χ0) is 28.0. The van der Waals surface area contributed by atoms with Gasteiger partial charge >= 0.3 is 0 Å². The summed E-state index contributed by atoms with van der Waals surface area (Å²) < 4.78 is 22.4. The van der Waals surface area contributed by atoms with Gasteiger partial charge in [-0.25, -0.2) is 15.0 Å². The van der Waals surface area contributed by atoms with Gasteiger partial charge < -0.3 is 34.5 Å². The van der Waals surface area contributed by atoms with Gasteiger partial charge in [0.15, 0.2) is 5.82 Å². The second-order valence-electron chi connectivity index (χ2n) is 9.99. The van der Waals surface area contributed by atoms with Gasteiger partial charge in [-0.05, 0) is 12.1 Å². The Morgan fingerprint density at radius 2 is 1.85 bits per heavy atom. The van der Waals surface area contributed by atoms with E-state index in [-0.39, 0.29) is 33.6 Å². The number of carbonyl (C=O) groups excluding carboxylic acids is 1. The number of carbonyl (C=O) groups is 1. The fourth-order valence-electron chi connectivity index (χ4n) is 5.24. The van der Waals surface area contributed by atoms with Crippen LogP contribution in [0, 0.1) is 0 Å². The molecule has 2 aromatic heterocycles. The average molecular weight is 587 g/mol. The Kier molecular flexibility index (Phi) is 7.07. The van der Waals surface area contributed by atoms with Gasteiger partial charge in [-0.3, -0.25) is 4.79 Å². The molecular formula is C27H28Cl2N6O5. The predicted molar refractivity (Wildman–Crippen MR) is 152 cm³/mol. The Hall–Kier alpha value is -3.38. The van der Waals surface area contributed by atoms with Gasteiger partial charge in [-0.2, -0.15) is 0 Å². The lowest BCUT2D eigenvalue weighted by atomic mass is 9.86. The second kappa shape index (κ2) is 10.5. The van der Waals surface area contributed by atoms with Crippen molar-refractivity contribution in [1.82, 2.24) is 20.3 Å². The zero-order valence-electron chi connectivity index (χ0n) is 22.0. The SMILES string of the molecule is C=CC(=O)N[C@H]1COC[C@H]1Nc1cc2c(N3CC4(CCO4)C3)nc(-c3c(Cl)c(OC)cc(OC)c3Cl)nc2cn1. The second-order valence-corrected chi connectivity index (χ2v) is 10.7. The van der Waals surface area contributed by atoms with Gasteiger partial charge in [0, 0.05) is 17.9 Å². The van der Waals surface area contributed by atoms with Crippen molar-refractivity contribution < 1.29 is 23.7 Å². The average Bonchev–Trinajstić information content (AvgIpc) is 3.33. The van der Waals surface area contributed by atoms with Crippen molar-refractivity contribution in [3.63, 3.8) is 0 Å². The minimum Gasteiger partial charge on any atom is -0.495 e. The summed E-state index contributed by atoms with van der Waals surface area (Å²) in [5.74, 6) is 2.16. The first-order valence-corrected chi connectivity index (χ1v) is 13.5. The number of nitrogens with zero attached hydrogens (tertiary/aromatic N) is 4. The highest BCUT2D eigenvalue weighted by atomic mass is 35.5. The Morgan fingerprint density at radius 3 is 2.48 bits per heavy atom. The van der Waals surface area contributed by atoms with Gasteiger partial charge in [0.2, 0.25) is 5.91 Å². The third-order valence-electron chi connectivity index (χ3n) is 7.51. The van der Waals surface area contributed by atoms with Crippen LogP contribution >= 0.6 is 23.2 Å². The summed E-state index contributed by atoms with van der Waals surface area (Å²) in [4.78, 5) is 28.4. The van der Waals surface area contributed by atoms with E-state index >= 15 is 0 Å². The third kappa shape index (κ3) is 4.66. The molecule has 1 spiro atoms. The largest absolute Gasteiger partial charge is 0.495 e. The smallest absolute Gasteiger partial charge is 0.243 e. The standard InChI is InChI=1S/C27H28Cl2N6O5/c1-4-21(36)32-17-11-39-10-16(17)31-20-7-14-15(9-30-20)33-25(34-26(14)35-12-27(13-35)5-6-40-27)22-23(28)18(37-2)8-19(38-3)24(22)29/h4,7-9,16-17H,1,5-6,10-13H2,2-3H3,(H,30,31)(H,32,36)/t16-,17+/m1/s1. The summed E-state index contributed by atoms with van der Waals surface area (Å²) in [6.45, 7) is 6.52. The highest BCUT2D eigenvalue weighted by Crippen LogP contribution is 2.47. The molecule has 210 valence electrons. The highest BCUT2D eigenvalue weighted by molar-refractivity contribution is 6.41. The third-order valence-corrected chi connectivity index (χ3v) is 8.26. The van der Waals surface area contributed by atoms with Crippen LogP contribution in [-0.2, 0) is 14.3 Å². The topological polar surface area (TPSA) is 120 Å².